The Hall–Kier alpha value is -3.33. The van der Waals surface area contributed by atoms with Gasteiger partial charge in [-0.05, 0) is 49.1 Å². The van der Waals surface area contributed by atoms with E-state index in [0.29, 0.717) is 29.7 Å². The molecule has 0 saturated heterocycles. The number of aliphatic hydroxyl groups is 1. The molecule has 2 aromatic heterocycles. The molecule has 2 atom stereocenters. The molecule has 0 unspecified atom stereocenters. The Kier molecular flexibility index (Phi) is 5.13. The van der Waals surface area contributed by atoms with Gasteiger partial charge in [-0.3, -0.25) is 9.48 Å². The summed E-state index contributed by atoms with van der Waals surface area (Å²) in [6.07, 6.45) is 4.39. The summed E-state index contributed by atoms with van der Waals surface area (Å²) < 4.78 is 37.1. The summed E-state index contributed by atoms with van der Waals surface area (Å²) in [5.41, 5.74) is 1.57. The van der Waals surface area contributed by atoms with E-state index in [1.807, 2.05) is 0 Å². The number of nitrogens with zero attached hydrogens (tertiary/aromatic N) is 4. The first-order chi connectivity index (χ1) is 15.4. The third-order valence-corrected chi connectivity index (χ3v) is 6.04. The van der Waals surface area contributed by atoms with Crippen LogP contribution in [0, 0.1) is 11.6 Å². The lowest BCUT2D eigenvalue weighted by Crippen LogP contribution is -2.28. The number of ether oxygens (including phenoxy) is 1. The van der Waals surface area contributed by atoms with Gasteiger partial charge in [-0.1, -0.05) is 0 Å². The number of amides is 1. The molecule has 0 radical (unpaired) electrons. The van der Waals surface area contributed by atoms with E-state index < -0.39 is 29.7 Å². The van der Waals surface area contributed by atoms with Crippen molar-refractivity contribution in [1.82, 2.24) is 19.7 Å². The van der Waals surface area contributed by atoms with Gasteiger partial charge in [-0.25, -0.2) is 13.8 Å². The number of rotatable bonds is 5. The highest BCUT2D eigenvalue weighted by atomic mass is 19.1. The van der Waals surface area contributed by atoms with Crippen LogP contribution in [0.5, 0.6) is 5.88 Å². The van der Waals surface area contributed by atoms with Crippen LogP contribution in [0.3, 0.4) is 0 Å². The number of benzene rings is 1. The van der Waals surface area contributed by atoms with E-state index in [-0.39, 0.29) is 30.1 Å². The summed E-state index contributed by atoms with van der Waals surface area (Å²) in [7, 11) is 1.72. The molecule has 0 spiro atoms. The molecular formula is C23H22F2N4O3. The molecule has 5 rings (SSSR count). The third-order valence-electron chi connectivity index (χ3n) is 6.04. The number of carbonyl (C=O) groups is 1. The van der Waals surface area contributed by atoms with Gasteiger partial charge >= 0.3 is 0 Å². The molecule has 7 nitrogen and oxygen atoms in total. The summed E-state index contributed by atoms with van der Waals surface area (Å²) in [6.45, 7) is -0.0275. The van der Waals surface area contributed by atoms with Crippen molar-refractivity contribution in [1.29, 1.82) is 0 Å². The number of aromatic nitrogens is 3. The number of fused-ring (bicyclic) bond motifs is 1. The number of aryl methyl sites for hydroxylation is 1. The first-order valence-electron chi connectivity index (χ1n) is 10.5. The van der Waals surface area contributed by atoms with Crippen LogP contribution in [0.15, 0.2) is 36.7 Å². The van der Waals surface area contributed by atoms with Crippen LogP contribution in [0.25, 0.3) is 11.3 Å². The maximum absolute atomic E-state index is 14.8. The Bertz CT molecular complexity index is 1170. The standard InChI is InChI=1S/C23H22F2N4O3/c1-28-8-6-18(27-28)14-9-16(24)15(17(25)10-14)12-29-11-13-5-7-26-22(21(13)23(29)31)32-20-4-2-3-19(20)30/h5-10,19-20,30H,2-4,11-12H2,1H3/t19-,20-/m0/s1. The van der Waals surface area contributed by atoms with Crippen LogP contribution in [0.2, 0.25) is 0 Å². The molecule has 3 heterocycles. The lowest BCUT2D eigenvalue weighted by Gasteiger charge is -2.19. The average Bonchev–Trinajstić information content (AvgIpc) is 3.45. The van der Waals surface area contributed by atoms with E-state index >= 15 is 0 Å². The second-order valence-corrected chi connectivity index (χ2v) is 8.26. The molecule has 1 N–H and O–H groups in total. The van der Waals surface area contributed by atoms with E-state index in [1.165, 1.54) is 23.2 Å². The lowest BCUT2D eigenvalue weighted by atomic mass is 10.1. The van der Waals surface area contributed by atoms with Gasteiger partial charge in [0.05, 0.1) is 18.3 Å². The molecule has 1 aliphatic carbocycles. The third kappa shape index (κ3) is 3.62. The van der Waals surface area contributed by atoms with Crippen LogP contribution < -0.4 is 4.74 Å². The first-order valence-corrected chi connectivity index (χ1v) is 10.5. The molecule has 1 aromatic carbocycles. The second-order valence-electron chi connectivity index (χ2n) is 8.26. The normalized spacial score (nSPS) is 20.1. The lowest BCUT2D eigenvalue weighted by molar-refractivity contribution is 0.0553. The fraction of sp³-hybridized carbons (Fsp3) is 0.348. The first kappa shape index (κ1) is 20.6. The Morgan fingerprint density at radius 3 is 2.66 bits per heavy atom. The van der Waals surface area contributed by atoms with Crippen LogP contribution >= 0.6 is 0 Å². The van der Waals surface area contributed by atoms with Gasteiger partial charge in [-0.15, -0.1) is 0 Å². The minimum atomic E-state index is -0.738. The number of carbonyl (C=O) groups excluding carboxylic acids is 1. The van der Waals surface area contributed by atoms with Crippen LogP contribution in [0.4, 0.5) is 8.78 Å². The minimum absolute atomic E-state index is 0.160. The van der Waals surface area contributed by atoms with Gasteiger partial charge < -0.3 is 14.7 Å². The maximum Gasteiger partial charge on any atom is 0.260 e. The molecule has 166 valence electrons. The molecular weight excluding hydrogens is 418 g/mol. The van der Waals surface area contributed by atoms with E-state index in [9.17, 15) is 18.7 Å². The predicted molar refractivity (Wildman–Crippen MR) is 111 cm³/mol. The summed E-state index contributed by atoms with van der Waals surface area (Å²) in [4.78, 5) is 18.6. The molecule has 1 saturated carbocycles. The van der Waals surface area contributed by atoms with Crippen molar-refractivity contribution in [3.8, 4) is 17.1 Å². The van der Waals surface area contributed by atoms with Gasteiger partial charge in [-0.2, -0.15) is 5.10 Å². The number of hydrogen-bond acceptors (Lipinski definition) is 5. The Labute approximate surface area is 183 Å². The van der Waals surface area contributed by atoms with Crippen molar-refractivity contribution < 1.29 is 23.4 Å². The summed E-state index contributed by atoms with van der Waals surface area (Å²) in [5.74, 6) is -1.72. The van der Waals surface area contributed by atoms with Crippen LogP contribution in [-0.4, -0.2) is 42.9 Å². The zero-order chi connectivity index (χ0) is 22.4. The fourth-order valence-corrected chi connectivity index (χ4v) is 4.34. The predicted octanol–water partition coefficient (Wildman–Crippen LogP) is 3.21. The molecule has 1 fully saturated rings. The number of hydrogen-bond donors (Lipinski definition) is 1. The maximum atomic E-state index is 14.8. The number of pyridine rings is 1. The topological polar surface area (TPSA) is 80.5 Å². The van der Waals surface area contributed by atoms with Crippen molar-refractivity contribution in [2.24, 2.45) is 7.05 Å². The Morgan fingerprint density at radius 1 is 1.22 bits per heavy atom. The Morgan fingerprint density at radius 2 is 2.00 bits per heavy atom. The van der Waals surface area contributed by atoms with Crippen LogP contribution in [-0.2, 0) is 20.1 Å². The van der Waals surface area contributed by atoms with Crippen molar-refractivity contribution in [3.63, 3.8) is 0 Å². The molecule has 0 bridgehead atoms. The summed E-state index contributed by atoms with van der Waals surface area (Å²) in [6, 6.07) is 5.82. The van der Waals surface area contributed by atoms with E-state index in [1.54, 1.807) is 30.1 Å². The van der Waals surface area contributed by atoms with Gasteiger partial charge in [0.15, 0.2) is 0 Å². The van der Waals surface area contributed by atoms with Crippen molar-refractivity contribution in [2.75, 3.05) is 0 Å². The average molecular weight is 440 g/mol. The van der Waals surface area contributed by atoms with E-state index in [2.05, 4.69) is 10.1 Å². The zero-order valence-electron chi connectivity index (χ0n) is 17.5. The molecule has 1 amide bonds. The molecule has 2 aliphatic rings. The molecule has 32 heavy (non-hydrogen) atoms. The smallest absolute Gasteiger partial charge is 0.260 e. The molecule has 1 aliphatic heterocycles. The monoisotopic (exact) mass is 440 g/mol. The minimum Gasteiger partial charge on any atom is -0.471 e. The van der Waals surface area contributed by atoms with E-state index in [0.717, 1.165) is 6.42 Å². The van der Waals surface area contributed by atoms with Gasteiger partial charge in [0.1, 0.15) is 23.3 Å². The van der Waals surface area contributed by atoms with Crippen molar-refractivity contribution >= 4 is 5.91 Å². The van der Waals surface area contributed by atoms with Gasteiger partial charge in [0.25, 0.3) is 5.91 Å². The van der Waals surface area contributed by atoms with Crippen molar-refractivity contribution in [2.45, 2.75) is 44.6 Å². The number of aliphatic hydroxyl groups excluding tert-OH is 1. The fourth-order valence-electron chi connectivity index (χ4n) is 4.34. The highest BCUT2D eigenvalue weighted by Gasteiger charge is 2.35. The highest BCUT2D eigenvalue weighted by molar-refractivity contribution is 6.00. The molecule has 9 heteroatoms. The second kappa shape index (κ2) is 7.98. The quantitative estimate of drug-likeness (QED) is 0.659. The molecule has 3 aromatic rings. The Balaban J connectivity index is 1.38. The van der Waals surface area contributed by atoms with E-state index in [4.69, 9.17) is 4.74 Å². The SMILES string of the molecule is Cn1ccc(-c2cc(F)c(CN3Cc4ccnc(O[C@H]5CCC[C@@H]5O)c4C3=O)c(F)c2)n1. The van der Waals surface area contributed by atoms with Crippen LogP contribution in [0.1, 0.15) is 40.7 Å². The summed E-state index contributed by atoms with van der Waals surface area (Å²) in [5, 5.41) is 14.2. The number of halogens is 2. The highest BCUT2D eigenvalue weighted by Crippen LogP contribution is 2.34. The van der Waals surface area contributed by atoms with Gasteiger partial charge in [0, 0.05) is 37.1 Å². The summed E-state index contributed by atoms with van der Waals surface area (Å²) >= 11 is 0. The van der Waals surface area contributed by atoms with Crippen molar-refractivity contribution in [3.05, 3.63) is 65.0 Å². The zero-order valence-corrected chi connectivity index (χ0v) is 17.5. The van der Waals surface area contributed by atoms with Gasteiger partial charge in [0.2, 0.25) is 5.88 Å². The largest absolute Gasteiger partial charge is 0.471 e.